The minimum absolute atomic E-state index is 0.247. The van der Waals surface area contributed by atoms with Gasteiger partial charge in [0.2, 0.25) is 5.88 Å². The van der Waals surface area contributed by atoms with Gasteiger partial charge in [0, 0.05) is 18.6 Å². The molecule has 1 amide bonds. The van der Waals surface area contributed by atoms with Gasteiger partial charge in [-0.25, -0.2) is 0 Å². The molecule has 1 aromatic carbocycles. The van der Waals surface area contributed by atoms with Gasteiger partial charge < -0.3 is 18.7 Å². The molecule has 142 valence electrons. The van der Waals surface area contributed by atoms with Crippen LogP contribution in [0.1, 0.15) is 42.7 Å². The van der Waals surface area contributed by atoms with Gasteiger partial charge in [-0.05, 0) is 25.0 Å². The molecule has 7 heteroatoms. The number of nitrogens with one attached hydrogen (secondary N) is 1. The van der Waals surface area contributed by atoms with Crippen molar-refractivity contribution >= 4 is 11.8 Å². The number of nitrogens with zero attached hydrogens (tertiary/aromatic N) is 1. The molecule has 0 aliphatic rings. The molecule has 0 aliphatic carbocycles. The van der Waals surface area contributed by atoms with Crippen LogP contribution in [-0.2, 0) is 10.2 Å². The Morgan fingerprint density at radius 1 is 1.15 bits per heavy atom. The number of amides is 1. The molecule has 0 atom stereocenters. The minimum atomic E-state index is -0.396. The molecule has 0 saturated heterocycles. The van der Waals surface area contributed by atoms with Crippen molar-refractivity contribution in [2.75, 3.05) is 33.3 Å². The summed E-state index contributed by atoms with van der Waals surface area (Å²) in [6.45, 7) is 4.69. The zero-order chi connectivity index (χ0) is 19.2. The number of aromatic nitrogens is 1. The molecule has 1 heterocycles. The van der Waals surface area contributed by atoms with Crippen LogP contribution in [0.4, 0.5) is 5.88 Å². The molecule has 0 aliphatic heterocycles. The fourth-order valence-corrected chi connectivity index (χ4v) is 3.00. The SMILES string of the molecule is CCC(CC)(COC)c1cc(NC(=O)c2c(OC)cccc2OC)on1. The summed E-state index contributed by atoms with van der Waals surface area (Å²) < 4.78 is 21.2. The van der Waals surface area contributed by atoms with E-state index in [-0.39, 0.29) is 11.3 Å². The number of hydrogen-bond donors (Lipinski definition) is 1. The van der Waals surface area contributed by atoms with Crippen LogP contribution in [0, 0.1) is 0 Å². The zero-order valence-electron chi connectivity index (χ0n) is 15.9. The highest BCUT2D eigenvalue weighted by molar-refractivity contribution is 6.07. The predicted octanol–water partition coefficient (Wildman–Crippen LogP) is 3.65. The normalized spacial score (nSPS) is 11.3. The molecule has 0 bridgehead atoms. The fourth-order valence-electron chi connectivity index (χ4n) is 3.00. The van der Waals surface area contributed by atoms with Crippen LogP contribution in [0.5, 0.6) is 11.5 Å². The molecule has 2 rings (SSSR count). The third-order valence-corrected chi connectivity index (χ3v) is 4.72. The molecule has 2 aromatic rings. The van der Waals surface area contributed by atoms with Crippen molar-refractivity contribution in [3.8, 4) is 11.5 Å². The van der Waals surface area contributed by atoms with E-state index in [9.17, 15) is 4.79 Å². The summed E-state index contributed by atoms with van der Waals surface area (Å²) in [7, 11) is 4.66. The molecule has 0 spiro atoms. The molecule has 1 aromatic heterocycles. The summed E-state index contributed by atoms with van der Waals surface area (Å²) in [6, 6.07) is 6.89. The molecule has 0 saturated carbocycles. The van der Waals surface area contributed by atoms with Crippen molar-refractivity contribution in [1.82, 2.24) is 5.16 Å². The van der Waals surface area contributed by atoms with Gasteiger partial charge in [-0.3, -0.25) is 10.1 Å². The van der Waals surface area contributed by atoms with E-state index in [0.717, 1.165) is 18.5 Å². The lowest BCUT2D eigenvalue weighted by Crippen LogP contribution is -2.30. The van der Waals surface area contributed by atoms with E-state index < -0.39 is 5.91 Å². The molecule has 0 fully saturated rings. The minimum Gasteiger partial charge on any atom is -0.496 e. The number of methoxy groups -OCH3 is 3. The van der Waals surface area contributed by atoms with Crippen LogP contribution in [0.3, 0.4) is 0 Å². The molecule has 0 radical (unpaired) electrons. The van der Waals surface area contributed by atoms with E-state index in [1.807, 2.05) is 0 Å². The second-order valence-electron chi connectivity index (χ2n) is 5.99. The van der Waals surface area contributed by atoms with Crippen molar-refractivity contribution in [3.63, 3.8) is 0 Å². The van der Waals surface area contributed by atoms with Gasteiger partial charge in [-0.2, -0.15) is 0 Å². The van der Waals surface area contributed by atoms with Crippen molar-refractivity contribution in [1.29, 1.82) is 0 Å². The number of benzene rings is 1. The first kappa shape index (κ1) is 19.8. The number of hydrogen-bond acceptors (Lipinski definition) is 6. The lowest BCUT2D eigenvalue weighted by molar-refractivity contribution is 0.101. The van der Waals surface area contributed by atoms with Gasteiger partial charge >= 0.3 is 0 Å². The summed E-state index contributed by atoms with van der Waals surface area (Å²) in [5.74, 6) is 0.697. The number of rotatable bonds is 9. The van der Waals surface area contributed by atoms with Gasteiger partial charge in [0.25, 0.3) is 5.91 Å². The van der Waals surface area contributed by atoms with Gasteiger partial charge in [-0.15, -0.1) is 0 Å². The Labute approximate surface area is 153 Å². The van der Waals surface area contributed by atoms with E-state index in [0.29, 0.717) is 23.7 Å². The highest BCUT2D eigenvalue weighted by atomic mass is 16.5. The Morgan fingerprint density at radius 2 is 1.77 bits per heavy atom. The predicted molar refractivity (Wildman–Crippen MR) is 98.1 cm³/mol. The Morgan fingerprint density at radius 3 is 2.27 bits per heavy atom. The third kappa shape index (κ3) is 3.83. The molecule has 26 heavy (non-hydrogen) atoms. The average molecular weight is 362 g/mol. The Hall–Kier alpha value is -2.54. The number of anilines is 1. The first-order valence-electron chi connectivity index (χ1n) is 8.53. The van der Waals surface area contributed by atoms with E-state index in [1.54, 1.807) is 31.4 Å². The molecule has 7 nitrogen and oxygen atoms in total. The molecule has 1 N–H and O–H groups in total. The first-order valence-corrected chi connectivity index (χ1v) is 8.53. The van der Waals surface area contributed by atoms with Crippen LogP contribution in [0.25, 0.3) is 0 Å². The lowest BCUT2D eigenvalue weighted by atomic mass is 9.80. The number of ether oxygens (including phenoxy) is 3. The summed E-state index contributed by atoms with van der Waals surface area (Å²) in [4.78, 5) is 12.7. The number of carbonyl (C=O) groups is 1. The summed E-state index contributed by atoms with van der Waals surface area (Å²) in [6.07, 6.45) is 1.69. The third-order valence-electron chi connectivity index (χ3n) is 4.72. The smallest absolute Gasteiger partial charge is 0.265 e. The van der Waals surface area contributed by atoms with E-state index >= 15 is 0 Å². The zero-order valence-corrected chi connectivity index (χ0v) is 15.9. The van der Waals surface area contributed by atoms with Gasteiger partial charge in [0.05, 0.1) is 26.5 Å². The van der Waals surface area contributed by atoms with Crippen molar-refractivity contribution in [3.05, 3.63) is 35.5 Å². The number of carbonyl (C=O) groups excluding carboxylic acids is 1. The monoisotopic (exact) mass is 362 g/mol. The van der Waals surface area contributed by atoms with Gasteiger partial charge in [0.15, 0.2) is 0 Å². The lowest BCUT2D eigenvalue weighted by Gasteiger charge is -2.28. The van der Waals surface area contributed by atoms with Crippen molar-refractivity contribution in [2.24, 2.45) is 0 Å². The van der Waals surface area contributed by atoms with Crippen LogP contribution in [-0.4, -0.2) is 39.0 Å². The maximum atomic E-state index is 12.7. The summed E-state index contributed by atoms with van der Waals surface area (Å²) >= 11 is 0. The topological polar surface area (TPSA) is 82.8 Å². The van der Waals surface area contributed by atoms with Gasteiger partial charge in [-0.1, -0.05) is 25.1 Å². The summed E-state index contributed by atoms with van der Waals surface area (Å²) in [5, 5.41) is 6.87. The highest BCUT2D eigenvalue weighted by Gasteiger charge is 2.32. The van der Waals surface area contributed by atoms with Crippen molar-refractivity contribution in [2.45, 2.75) is 32.1 Å². The highest BCUT2D eigenvalue weighted by Crippen LogP contribution is 2.33. The maximum absolute atomic E-state index is 12.7. The largest absolute Gasteiger partial charge is 0.496 e. The second kappa shape index (κ2) is 8.71. The van der Waals surface area contributed by atoms with E-state index in [1.165, 1.54) is 14.2 Å². The van der Waals surface area contributed by atoms with E-state index in [2.05, 4.69) is 24.3 Å². The van der Waals surface area contributed by atoms with Crippen molar-refractivity contribution < 1.29 is 23.5 Å². The molecular formula is C19H26N2O5. The molecule has 0 unspecified atom stereocenters. The van der Waals surface area contributed by atoms with Gasteiger partial charge in [0.1, 0.15) is 17.1 Å². The quantitative estimate of drug-likeness (QED) is 0.733. The standard InChI is InChI=1S/C19H26N2O5/c1-6-19(7-2,12-23-3)15-11-16(26-21-15)20-18(22)17-13(24-4)9-8-10-14(17)25-5/h8-11H,6-7,12H2,1-5H3,(H,20,22). The van der Waals surface area contributed by atoms with Crippen LogP contribution < -0.4 is 14.8 Å². The maximum Gasteiger partial charge on any atom is 0.265 e. The van der Waals surface area contributed by atoms with E-state index in [4.69, 9.17) is 18.7 Å². The van der Waals surface area contributed by atoms with Crippen LogP contribution >= 0.6 is 0 Å². The first-order chi connectivity index (χ1) is 12.5. The van der Waals surface area contributed by atoms with Crippen LogP contribution in [0.15, 0.2) is 28.8 Å². The Kier molecular flexibility index (Phi) is 6.63. The fraction of sp³-hybridized carbons (Fsp3) is 0.474. The molecular weight excluding hydrogens is 336 g/mol. The van der Waals surface area contributed by atoms with Crippen LogP contribution in [0.2, 0.25) is 0 Å². The Bertz CT molecular complexity index is 715. The summed E-state index contributed by atoms with van der Waals surface area (Å²) in [5.41, 5.74) is 0.805. The average Bonchev–Trinajstić information content (AvgIpc) is 3.14. The Balaban J connectivity index is 2.28. The second-order valence-corrected chi connectivity index (χ2v) is 5.99.